The van der Waals surface area contributed by atoms with Crippen LogP contribution in [0.15, 0.2) is 60.7 Å². The Morgan fingerprint density at radius 1 is 0.917 bits per heavy atom. The molecule has 4 heteroatoms. The number of carboxylic acids is 1. The number of aliphatic carboxylic acids is 1. The van der Waals surface area contributed by atoms with Crippen LogP contribution in [0.5, 0.6) is 0 Å². The summed E-state index contributed by atoms with van der Waals surface area (Å²) >= 11 is 0. The Morgan fingerprint density at radius 2 is 1.42 bits per heavy atom. The highest BCUT2D eigenvalue weighted by Crippen LogP contribution is 2.22. The van der Waals surface area contributed by atoms with Gasteiger partial charge in [0, 0.05) is 6.54 Å². The van der Waals surface area contributed by atoms with Crippen molar-refractivity contribution in [1.82, 2.24) is 5.32 Å². The first-order chi connectivity index (χ1) is 11.6. The zero-order valence-electron chi connectivity index (χ0n) is 13.8. The van der Waals surface area contributed by atoms with Gasteiger partial charge in [0.25, 0.3) is 0 Å². The summed E-state index contributed by atoms with van der Waals surface area (Å²) in [6.45, 7) is 2.12. The SMILES string of the molecule is CCCC(C(=O)NCC(C(=O)O)c1ccccc1)c1ccccc1. The molecule has 2 aromatic carbocycles. The number of benzene rings is 2. The fraction of sp³-hybridized carbons (Fsp3) is 0.300. The number of hydrogen-bond acceptors (Lipinski definition) is 2. The number of nitrogens with one attached hydrogen (secondary N) is 1. The largest absolute Gasteiger partial charge is 0.481 e. The summed E-state index contributed by atoms with van der Waals surface area (Å²) in [6.07, 6.45) is 1.62. The van der Waals surface area contributed by atoms with Crippen molar-refractivity contribution in [2.45, 2.75) is 31.6 Å². The maximum atomic E-state index is 12.6. The van der Waals surface area contributed by atoms with E-state index in [0.717, 1.165) is 18.4 Å². The van der Waals surface area contributed by atoms with Gasteiger partial charge in [0.05, 0.1) is 11.8 Å². The molecule has 0 heterocycles. The van der Waals surface area contributed by atoms with E-state index in [1.54, 1.807) is 24.3 Å². The average Bonchev–Trinajstić information content (AvgIpc) is 2.61. The monoisotopic (exact) mass is 325 g/mol. The zero-order valence-corrected chi connectivity index (χ0v) is 13.8. The van der Waals surface area contributed by atoms with Crippen molar-refractivity contribution in [3.63, 3.8) is 0 Å². The lowest BCUT2D eigenvalue weighted by molar-refractivity contribution is -0.138. The van der Waals surface area contributed by atoms with Crippen LogP contribution in [0.1, 0.15) is 42.7 Å². The van der Waals surface area contributed by atoms with Gasteiger partial charge >= 0.3 is 5.97 Å². The third-order valence-corrected chi connectivity index (χ3v) is 4.08. The number of carbonyl (C=O) groups is 2. The topological polar surface area (TPSA) is 66.4 Å². The Hall–Kier alpha value is -2.62. The van der Waals surface area contributed by atoms with Crippen molar-refractivity contribution < 1.29 is 14.7 Å². The molecule has 4 nitrogen and oxygen atoms in total. The lowest BCUT2D eigenvalue weighted by Gasteiger charge is -2.19. The van der Waals surface area contributed by atoms with E-state index in [1.165, 1.54) is 0 Å². The van der Waals surface area contributed by atoms with Crippen LogP contribution < -0.4 is 5.32 Å². The maximum absolute atomic E-state index is 12.6. The van der Waals surface area contributed by atoms with Gasteiger partial charge in [-0.3, -0.25) is 9.59 Å². The zero-order chi connectivity index (χ0) is 17.4. The van der Waals surface area contributed by atoms with Crippen LogP contribution >= 0.6 is 0 Å². The molecule has 126 valence electrons. The second kappa shape index (κ2) is 8.87. The summed E-state index contributed by atoms with van der Waals surface area (Å²) in [5.41, 5.74) is 1.65. The molecule has 2 unspecified atom stereocenters. The Bertz CT molecular complexity index is 655. The van der Waals surface area contributed by atoms with Gasteiger partial charge in [0.1, 0.15) is 0 Å². The molecule has 2 atom stereocenters. The van der Waals surface area contributed by atoms with Gasteiger partial charge in [0.15, 0.2) is 0 Å². The summed E-state index contributed by atoms with van der Waals surface area (Å²) in [6, 6.07) is 18.6. The molecule has 0 saturated heterocycles. The molecule has 2 N–H and O–H groups in total. The Balaban J connectivity index is 2.07. The Kier molecular flexibility index (Phi) is 6.55. The summed E-state index contributed by atoms with van der Waals surface area (Å²) in [5.74, 6) is -2.05. The average molecular weight is 325 g/mol. The first-order valence-electron chi connectivity index (χ1n) is 8.24. The second-order valence-electron chi connectivity index (χ2n) is 5.80. The number of hydrogen-bond donors (Lipinski definition) is 2. The van der Waals surface area contributed by atoms with Gasteiger partial charge in [-0.25, -0.2) is 0 Å². The Labute approximate surface area is 142 Å². The van der Waals surface area contributed by atoms with Crippen molar-refractivity contribution in [3.05, 3.63) is 71.8 Å². The van der Waals surface area contributed by atoms with Crippen molar-refractivity contribution in [2.75, 3.05) is 6.54 Å². The van der Waals surface area contributed by atoms with Crippen LogP contribution in [0.2, 0.25) is 0 Å². The number of carboxylic acid groups (broad SMARTS) is 1. The quantitative estimate of drug-likeness (QED) is 0.780. The number of carbonyl (C=O) groups excluding carboxylic acids is 1. The predicted octanol–water partition coefficient (Wildman–Crippen LogP) is 3.55. The minimum atomic E-state index is -0.937. The van der Waals surface area contributed by atoms with Crippen LogP contribution in [0, 0.1) is 0 Å². The smallest absolute Gasteiger partial charge is 0.312 e. The molecule has 0 radical (unpaired) electrons. The molecule has 0 spiro atoms. The second-order valence-corrected chi connectivity index (χ2v) is 5.80. The van der Waals surface area contributed by atoms with E-state index in [4.69, 9.17) is 0 Å². The highest BCUT2D eigenvalue weighted by Gasteiger charge is 2.24. The first-order valence-corrected chi connectivity index (χ1v) is 8.24. The van der Waals surface area contributed by atoms with Crippen molar-refractivity contribution in [1.29, 1.82) is 0 Å². The third-order valence-electron chi connectivity index (χ3n) is 4.08. The van der Waals surface area contributed by atoms with Crippen LogP contribution in [0.25, 0.3) is 0 Å². The molecule has 0 aliphatic heterocycles. The molecule has 2 rings (SSSR count). The minimum absolute atomic E-state index is 0.0885. The molecule has 0 aliphatic rings. The van der Waals surface area contributed by atoms with E-state index >= 15 is 0 Å². The van der Waals surface area contributed by atoms with Crippen LogP contribution in [-0.2, 0) is 9.59 Å². The summed E-state index contributed by atoms with van der Waals surface area (Å²) in [5, 5.41) is 12.3. The van der Waals surface area contributed by atoms with E-state index in [1.807, 2.05) is 43.3 Å². The van der Waals surface area contributed by atoms with Crippen molar-refractivity contribution >= 4 is 11.9 Å². The van der Waals surface area contributed by atoms with Gasteiger partial charge < -0.3 is 10.4 Å². The van der Waals surface area contributed by atoms with Crippen LogP contribution in [0.3, 0.4) is 0 Å². The van der Waals surface area contributed by atoms with Crippen LogP contribution in [-0.4, -0.2) is 23.5 Å². The van der Waals surface area contributed by atoms with Gasteiger partial charge in [-0.2, -0.15) is 0 Å². The Morgan fingerprint density at radius 3 is 1.88 bits per heavy atom. The minimum Gasteiger partial charge on any atom is -0.481 e. The summed E-state index contributed by atoms with van der Waals surface area (Å²) in [7, 11) is 0. The fourth-order valence-electron chi connectivity index (χ4n) is 2.78. The predicted molar refractivity (Wildman–Crippen MR) is 93.9 cm³/mol. The highest BCUT2D eigenvalue weighted by molar-refractivity contribution is 5.84. The normalized spacial score (nSPS) is 13.0. The van der Waals surface area contributed by atoms with Gasteiger partial charge in [-0.1, -0.05) is 74.0 Å². The molecule has 0 aliphatic carbocycles. The molecular formula is C20H23NO3. The van der Waals surface area contributed by atoms with E-state index < -0.39 is 11.9 Å². The molecule has 0 bridgehead atoms. The van der Waals surface area contributed by atoms with Gasteiger partial charge in [-0.15, -0.1) is 0 Å². The summed E-state index contributed by atoms with van der Waals surface area (Å²) < 4.78 is 0. The molecule has 2 aromatic rings. The summed E-state index contributed by atoms with van der Waals surface area (Å²) in [4.78, 5) is 24.1. The van der Waals surface area contributed by atoms with E-state index in [-0.39, 0.29) is 18.4 Å². The molecule has 0 aromatic heterocycles. The standard InChI is InChI=1S/C20H23NO3/c1-2-9-17(15-10-5-3-6-11-15)19(22)21-14-18(20(23)24)16-12-7-4-8-13-16/h3-8,10-13,17-18H,2,9,14H2,1H3,(H,21,22)(H,23,24). The van der Waals surface area contributed by atoms with E-state index in [0.29, 0.717) is 5.56 Å². The number of rotatable bonds is 8. The van der Waals surface area contributed by atoms with E-state index in [9.17, 15) is 14.7 Å². The molecule has 24 heavy (non-hydrogen) atoms. The van der Waals surface area contributed by atoms with Crippen LogP contribution in [0.4, 0.5) is 0 Å². The van der Waals surface area contributed by atoms with E-state index in [2.05, 4.69) is 5.32 Å². The van der Waals surface area contributed by atoms with Crippen molar-refractivity contribution in [3.8, 4) is 0 Å². The molecular weight excluding hydrogens is 302 g/mol. The lowest BCUT2D eigenvalue weighted by atomic mass is 9.93. The number of amides is 1. The fourth-order valence-corrected chi connectivity index (χ4v) is 2.78. The molecule has 1 amide bonds. The molecule has 0 saturated carbocycles. The van der Waals surface area contributed by atoms with Gasteiger partial charge in [0.2, 0.25) is 5.91 Å². The third kappa shape index (κ3) is 4.69. The van der Waals surface area contributed by atoms with Gasteiger partial charge in [-0.05, 0) is 17.5 Å². The lowest BCUT2D eigenvalue weighted by Crippen LogP contribution is -2.35. The first kappa shape index (κ1) is 17.7. The maximum Gasteiger partial charge on any atom is 0.312 e. The van der Waals surface area contributed by atoms with Crippen molar-refractivity contribution in [2.24, 2.45) is 0 Å². The highest BCUT2D eigenvalue weighted by atomic mass is 16.4. The molecule has 0 fully saturated rings.